The largest absolute Gasteiger partial charge is 0.397 e. The number of nitrogens with two attached hydrogens (primary N) is 2. The van der Waals surface area contributed by atoms with Crippen LogP contribution in [-0.2, 0) is 4.74 Å². The van der Waals surface area contributed by atoms with E-state index in [1.165, 1.54) is 6.20 Å². The first-order valence-corrected chi connectivity index (χ1v) is 5.94. The Morgan fingerprint density at radius 3 is 2.94 bits per heavy atom. The SMILES string of the molecule is COC1CCC(Nc2ncc(N)cc2C(N)=O)C1. The van der Waals surface area contributed by atoms with E-state index >= 15 is 0 Å². The topological polar surface area (TPSA) is 103 Å². The number of anilines is 2. The van der Waals surface area contributed by atoms with Crippen molar-refractivity contribution in [3.05, 3.63) is 17.8 Å². The Kier molecular flexibility index (Phi) is 3.66. The van der Waals surface area contributed by atoms with Gasteiger partial charge >= 0.3 is 0 Å². The summed E-state index contributed by atoms with van der Waals surface area (Å²) in [5.74, 6) is -0.0305. The molecule has 1 fully saturated rings. The Bertz CT molecular complexity index is 450. The third-order valence-corrected chi connectivity index (χ3v) is 3.23. The van der Waals surface area contributed by atoms with Gasteiger partial charge in [0.15, 0.2) is 0 Å². The number of methoxy groups -OCH3 is 1. The molecule has 18 heavy (non-hydrogen) atoms. The molecule has 1 saturated carbocycles. The highest BCUT2D eigenvalue weighted by Crippen LogP contribution is 2.25. The molecule has 1 aromatic heterocycles. The number of nitrogens with zero attached hydrogens (tertiary/aromatic N) is 1. The first-order chi connectivity index (χ1) is 8.60. The van der Waals surface area contributed by atoms with Crippen LogP contribution in [0.25, 0.3) is 0 Å². The molecule has 1 aliphatic carbocycles. The summed E-state index contributed by atoms with van der Waals surface area (Å²) in [5, 5.41) is 3.23. The highest BCUT2D eigenvalue weighted by atomic mass is 16.5. The van der Waals surface area contributed by atoms with Gasteiger partial charge in [0.1, 0.15) is 5.82 Å². The van der Waals surface area contributed by atoms with Gasteiger partial charge < -0.3 is 21.5 Å². The molecule has 0 aliphatic heterocycles. The van der Waals surface area contributed by atoms with E-state index in [1.54, 1.807) is 13.2 Å². The summed E-state index contributed by atoms with van der Waals surface area (Å²) in [6, 6.07) is 1.80. The fraction of sp³-hybridized carbons (Fsp3) is 0.500. The maximum atomic E-state index is 11.3. The lowest BCUT2D eigenvalue weighted by Crippen LogP contribution is -2.22. The Labute approximate surface area is 106 Å². The second kappa shape index (κ2) is 5.22. The minimum atomic E-state index is -0.529. The fourth-order valence-electron chi connectivity index (χ4n) is 2.26. The van der Waals surface area contributed by atoms with Crippen LogP contribution >= 0.6 is 0 Å². The molecule has 1 aliphatic rings. The molecular weight excluding hydrogens is 232 g/mol. The Hall–Kier alpha value is -1.82. The van der Waals surface area contributed by atoms with Gasteiger partial charge in [-0.2, -0.15) is 0 Å². The number of nitrogens with one attached hydrogen (secondary N) is 1. The molecular formula is C12H18N4O2. The molecule has 0 bridgehead atoms. The maximum Gasteiger partial charge on any atom is 0.252 e. The van der Waals surface area contributed by atoms with Crippen LogP contribution < -0.4 is 16.8 Å². The summed E-state index contributed by atoms with van der Waals surface area (Å²) in [6.45, 7) is 0. The number of hydrogen-bond donors (Lipinski definition) is 3. The van der Waals surface area contributed by atoms with Crippen LogP contribution in [0, 0.1) is 0 Å². The number of carbonyl (C=O) groups is 1. The van der Waals surface area contributed by atoms with Crippen LogP contribution in [0.2, 0.25) is 0 Å². The average Bonchev–Trinajstić information content (AvgIpc) is 2.79. The lowest BCUT2D eigenvalue weighted by Gasteiger charge is -2.15. The zero-order valence-electron chi connectivity index (χ0n) is 10.3. The second-order valence-corrected chi connectivity index (χ2v) is 4.54. The van der Waals surface area contributed by atoms with Crippen LogP contribution in [-0.4, -0.2) is 30.1 Å². The van der Waals surface area contributed by atoms with E-state index < -0.39 is 5.91 Å². The van der Waals surface area contributed by atoms with Gasteiger partial charge in [0.2, 0.25) is 0 Å². The van der Waals surface area contributed by atoms with E-state index in [4.69, 9.17) is 16.2 Å². The predicted octanol–water partition coefficient (Wildman–Crippen LogP) is 0.742. The number of hydrogen-bond acceptors (Lipinski definition) is 5. The molecule has 6 heteroatoms. The van der Waals surface area contributed by atoms with Crippen molar-refractivity contribution < 1.29 is 9.53 Å². The van der Waals surface area contributed by atoms with Crippen LogP contribution in [0.15, 0.2) is 12.3 Å². The van der Waals surface area contributed by atoms with Crippen molar-refractivity contribution in [1.29, 1.82) is 0 Å². The molecule has 0 saturated heterocycles. The minimum Gasteiger partial charge on any atom is -0.397 e. The van der Waals surface area contributed by atoms with Gasteiger partial charge in [-0.3, -0.25) is 4.79 Å². The molecule has 1 aromatic rings. The third kappa shape index (κ3) is 2.70. The van der Waals surface area contributed by atoms with Crippen molar-refractivity contribution in [3.8, 4) is 0 Å². The van der Waals surface area contributed by atoms with Crippen molar-refractivity contribution in [2.75, 3.05) is 18.2 Å². The van der Waals surface area contributed by atoms with Crippen LogP contribution in [0.5, 0.6) is 0 Å². The summed E-state index contributed by atoms with van der Waals surface area (Å²) in [6.07, 6.45) is 4.68. The number of pyridine rings is 1. The van der Waals surface area contributed by atoms with Gasteiger partial charge in [-0.05, 0) is 25.3 Å². The first-order valence-electron chi connectivity index (χ1n) is 5.94. The number of ether oxygens (including phenoxy) is 1. The highest BCUT2D eigenvalue weighted by molar-refractivity contribution is 5.98. The maximum absolute atomic E-state index is 11.3. The lowest BCUT2D eigenvalue weighted by atomic mass is 10.2. The van der Waals surface area contributed by atoms with Crippen LogP contribution in [0.1, 0.15) is 29.6 Å². The van der Waals surface area contributed by atoms with Crippen LogP contribution in [0.3, 0.4) is 0 Å². The zero-order chi connectivity index (χ0) is 13.1. The molecule has 2 atom stereocenters. The highest BCUT2D eigenvalue weighted by Gasteiger charge is 2.25. The molecule has 0 spiro atoms. The van der Waals surface area contributed by atoms with Gasteiger partial charge in [-0.25, -0.2) is 4.98 Å². The van der Waals surface area contributed by atoms with Crippen molar-refractivity contribution in [1.82, 2.24) is 4.98 Å². The van der Waals surface area contributed by atoms with Gasteiger partial charge in [-0.15, -0.1) is 0 Å². The predicted molar refractivity (Wildman–Crippen MR) is 69.2 cm³/mol. The standard InChI is InChI=1S/C12H18N4O2/c1-18-9-3-2-8(5-9)16-12-10(11(14)17)4-7(13)6-15-12/h4,6,8-9H,2-3,5,13H2,1H3,(H2,14,17)(H,15,16). The molecule has 2 rings (SSSR count). The molecule has 1 amide bonds. The number of nitrogen functional groups attached to an aromatic ring is 1. The summed E-state index contributed by atoms with van der Waals surface area (Å²) in [5.41, 5.74) is 11.7. The van der Waals surface area contributed by atoms with Crippen LogP contribution in [0.4, 0.5) is 11.5 Å². The Balaban J connectivity index is 2.12. The summed E-state index contributed by atoms with van der Waals surface area (Å²) >= 11 is 0. The lowest BCUT2D eigenvalue weighted by molar-refractivity contribution is 0.100. The zero-order valence-corrected chi connectivity index (χ0v) is 10.3. The monoisotopic (exact) mass is 250 g/mol. The normalized spacial score (nSPS) is 22.9. The van der Waals surface area contributed by atoms with E-state index in [0.29, 0.717) is 17.1 Å². The summed E-state index contributed by atoms with van der Waals surface area (Å²) in [4.78, 5) is 15.5. The molecule has 6 nitrogen and oxygen atoms in total. The average molecular weight is 250 g/mol. The van der Waals surface area contributed by atoms with Crippen molar-refractivity contribution in [2.45, 2.75) is 31.4 Å². The minimum absolute atomic E-state index is 0.254. The van der Waals surface area contributed by atoms with Gasteiger partial charge in [-0.1, -0.05) is 0 Å². The fourth-order valence-corrected chi connectivity index (χ4v) is 2.26. The van der Waals surface area contributed by atoms with Gasteiger partial charge in [0, 0.05) is 13.2 Å². The van der Waals surface area contributed by atoms with E-state index in [1.807, 2.05) is 0 Å². The Morgan fingerprint density at radius 1 is 1.56 bits per heavy atom. The van der Waals surface area contributed by atoms with Gasteiger partial charge in [0.25, 0.3) is 5.91 Å². The van der Waals surface area contributed by atoms with E-state index in [9.17, 15) is 4.79 Å². The molecule has 0 radical (unpaired) electrons. The van der Waals surface area contributed by atoms with E-state index in [0.717, 1.165) is 19.3 Å². The third-order valence-electron chi connectivity index (χ3n) is 3.23. The molecule has 1 heterocycles. The molecule has 5 N–H and O–H groups in total. The smallest absolute Gasteiger partial charge is 0.252 e. The summed E-state index contributed by atoms with van der Waals surface area (Å²) < 4.78 is 5.30. The molecule has 0 aromatic carbocycles. The van der Waals surface area contributed by atoms with E-state index in [-0.39, 0.29) is 12.1 Å². The quantitative estimate of drug-likeness (QED) is 0.731. The number of rotatable bonds is 4. The molecule has 2 unspecified atom stereocenters. The second-order valence-electron chi connectivity index (χ2n) is 4.54. The van der Waals surface area contributed by atoms with Gasteiger partial charge in [0.05, 0.1) is 23.6 Å². The van der Waals surface area contributed by atoms with Crippen molar-refractivity contribution >= 4 is 17.4 Å². The van der Waals surface area contributed by atoms with E-state index in [2.05, 4.69) is 10.3 Å². The number of amides is 1. The van der Waals surface area contributed by atoms with Crippen molar-refractivity contribution in [2.24, 2.45) is 5.73 Å². The number of carbonyl (C=O) groups excluding carboxylic acids is 1. The first kappa shape index (κ1) is 12.6. The van der Waals surface area contributed by atoms with Crippen molar-refractivity contribution in [3.63, 3.8) is 0 Å². The summed E-state index contributed by atoms with van der Waals surface area (Å²) in [7, 11) is 1.71. The Morgan fingerprint density at radius 2 is 2.33 bits per heavy atom. The number of primary amides is 1. The molecule has 98 valence electrons. The number of aromatic nitrogens is 1.